The number of anilines is 1. The average Bonchev–Trinajstić information content (AvgIpc) is 3.69. The van der Waals surface area contributed by atoms with Crippen molar-refractivity contribution >= 4 is 44.6 Å². The van der Waals surface area contributed by atoms with Gasteiger partial charge in [-0.2, -0.15) is 13.2 Å². The molecule has 2 aliphatic rings. The van der Waals surface area contributed by atoms with Gasteiger partial charge >= 0.3 is 11.5 Å². The van der Waals surface area contributed by atoms with Crippen LogP contribution in [-0.2, 0) is 14.6 Å². The van der Waals surface area contributed by atoms with E-state index in [0.717, 1.165) is 29.5 Å². The fourth-order valence-corrected chi connectivity index (χ4v) is 6.89. The minimum absolute atomic E-state index is 0.0153. The largest absolute Gasteiger partial charge is 0.501 e. The van der Waals surface area contributed by atoms with Crippen molar-refractivity contribution in [1.29, 1.82) is 0 Å². The Morgan fingerprint density at radius 2 is 1.84 bits per heavy atom. The number of hydrogen-bond acceptors (Lipinski definition) is 8. The zero-order valence-electron chi connectivity index (χ0n) is 21.9. The van der Waals surface area contributed by atoms with Gasteiger partial charge in [0, 0.05) is 28.7 Å². The van der Waals surface area contributed by atoms with Crippen molar-refractivity contribution in [2.75, 3.05) is 12.4 Å². The van der Waals surface area contributed by atoms with Crippen LogP contribution in [0.5, 0.6) is 5.75 Å². The molecule has 10 nitrogen and oxygen atoms in total. The van der Waals surface area contributed by atoms with Crippen LogP contribution in [0.2, 0.25) is 0 Å². The number of fused-ring (bicyclic) bond motifs is 2. The first kappa shape index (κ1) is 30.2. The van der Waals surface area contributed by atoms with Gasteiger partial charge in [-0.3, -0.25) is 9.59 Å². The van der Waals surface area contributed by atoms with Crippen molar-refractivity contribution in [3.05, 3.63) is 71.0 Å². The molecule has 1 fully saturated rings. The highest BCUT2D eigenvalue weighted by atomic mass is 32.2. The second-order valence-electron chi connectivity index (χ2n) is 9.81. The van der Waals surface area contributed by atoms with Gasteiger partial charge < -0.3 is 20.5 Å². The molecule has 4 unspecified atom stereocenters. The maximum atomic E-state index is 14.9. The van der Waals surface area contributed by atoms with Crippen molar-refractivity contribution in [1.82, 2.24) is 10.3 Å². The number of sulfone groups is 1. The number of aromatic carboxylic acids is 1. The summed E-state index contributed by atoms with van der Waals surface area (Å²) in [4.78, 5) is 40.9. The number of carboxylic acid groups (broad SMARTS) is 1. The van der Waals surface area contributed by atoms with Gasteiger partial charge in [-0.05, 0) is 42.5 Å². The summed E-state index contributed by atoms with van der Waals surface area (Å²) in [6.07, 6.45) is 4.11. The Kier molecular flexibility index (Phi) is 7.77. The standard InChI is InChI=1S/C27H21F4N3O7S2/c1-41-20-10-18(28)16(25-33-19(11-42-25)26(37)38)9-17(20)23(35)34-22-13-6-5-12(7-13)21(22)24(36)32-14-3-2-4-15(8-14)43(39,40)27(29,30)31/h2-6,8-13,21-22H,7H2,1H3,(H,32,36)(H,34,35)(H,37,38). The lowest BCUT2D eigenvalue weighted by Crippen LogP contribution is -2.47. The molecule has 3 aromatic rings. The van der Waals surface area contributed by atoms with Crippen LogP contribution in [0, 0.1) is 23.6 Å². The number of rotatable bonds is 8. The summed E-state index contributed by atoms with van der Waals surface area (Å²) in [6.45, 7) is 0. The van der Waals surface area contributed by atoms with Crippen molar-refractivity contribution in [2.24, 2.45) is 17.8 Å². The van der Waals surface area contributed by atoms with Gasteiger partial charge in [0.05, 0.1) is 23.5 Å². The topological polar surface area (TPSA) is 152 Å². The van der Waals surface area contributed by atoms with Gasteiger partial charge in [-0.15, -0.1) is 11.3 Å². The Balaban J connectivity index is 1.40. The number of aromatic nitrogens is 1. The number of benzene rings is 2. The predicted molar refractivity (Wildman–Crippen MR) is 145 cm³/mol. The quantitative estimate of drug-likeness (QED) is 0.241. The molecule has 1 saturated carbocycles. The molecular weight excluding hydrogens is 618 g/mol. The third-order valence-electron chi connectivity index (χ3n) is 7.26. The number of carbonyl (C=O) groups is 3. The lowest BCUT2D eigenvalue weighted by molar-refractivity contribution is -0.121. The summed E-state index contributed by atoms with van der Waals surface area (Å²) >= 11 is 0.864. The zero-order chi connectivity index (χ0) is 31.3. The van der Waals surface area contributed by atoms with E-state index in [1.54, 1.807) is 6.08 Å². The van der Waals surface area contributed by atoms with Gasteiger partial charge in [-0.25, -0.2) is 22.6 Å². The number of allylic oxidation sites excluding steroid dienone is 1. The number of methoxy groups -OCH3 is 1. The summed E-state index contributed by atoms with van der Waals surface area (Å²) in [5.74, 6) is -5.10. The Morgan fingerprint density at radius 1 is 1.12 bits per heavy atom. The molecule has 0 aliphatic heterocycles. The first-order valence-electron chi connectivity index (χ1n) is 12.5. The van der Waals surface area contributed by atoms with Crippen LogP contribution < -0.4 is 15.4 Å². The molecule has 2 bridgehead atoms. The number of halogens is 4. The summed E-state index contributed by atoms with van der Waals surface area (Å²) in [5.41, 5.74) is -6.26. The average molecular weight is 640 g/mol. The normalized spacial score (nSPS) is 21.0. The Morgan fingerprint density at radius 3 is 2.49 bits per heavy atom. The molecule has 4 atom stereocenters. The van der Waals surface area contributed by atoms with Crippen molar-refractivity contribution < 1.29 is 50.2 Å². The maximum absolute atomic E-state index is 14.9. The summed E-state index contributed by atoms with van der Waals surface area (Å²) < 4.78 is 82.8. The molecule has 2 amide bonds. The first-order chi connectivity index (χ1) is 20.2. The number of carboxylic acids is 1. The molecule has 16 heteroatoms. The highest BCUT2D eigenvalue weighted by Crippen LogP contribution is 2.45. The van der Waals surface area contributed by atoms with E-state index in [9.17, 15) is 40.4 Å². The molecular formula is C27H21F4N3O7S2. The fraction of sp³-hybridized carbons (Fsp3) is 0.259. The van der Waals surface area contributed by atoms with E-state index in [-0.39, 0.29) is 45.1 Å². The number of carbonyl (C=O) groups excluding carboxylic acids is 2. The number of amides is 2. The lowest BCUT2D eigenvalue weighted by atomic mass is 9.87. The van der Waals surface area contributed by atoms with Crippen LogP contribution >= 0.6 is 11.3 Å². The van der Waals surface area contributed by atoms with Crippen molar-refractivity contribution in [2.45, 2.75) is 22.9 Å². The number of nitrogens with one attached hydrogen (secondary N) is 2. The number of nitrogens with zero attached hydrogens (tertiary/aromatic N) is 1. The van der Waals surface area contributed by atoms with Gasteiger partial charge in [-0.1, -0.05) is 18.2 Å². The third-order valence-corrected chi connectivity index (χ3v) is 9.62. The van der Waals surface area contributed by atoms with E-state index >= 15 is 0 Å². The van der Waals surface area contributed by atoms with Crippen molar-refractivity contribution in [3.63, 3.8) is 0 Å². The van der Waals surface area contributed by atoms with Gasteiger partial charge in [0.1, 0.15) is 16.6 Å². The third kappa shape index (κ3) is 5.59. The second-order valence-corrected chi connectivity index (χ2v) is 12.6. The molecule has 1 aromatic heterocycles. The smallest absolute Gasteiger partial charge is 0.496 e. The Hall–Kier alpha value is -4.31. The number of thiazole rings is 1. The molecule has 43 heavy (non-hydrogen) atoms. The number of hydrogen-bond donors (Lipinski definition) is 3. The van der Waals surface area contributed by atoms with E-state index in [2.05, 4.69) is 15.6 Å². The van der Waals surface area contributed by atoms with Gasteiger partial charge in [0.25, 0.3) is 15.7 Å². The monoisotopic (exact) mass is 639 g/mol. The van der Waals surface area contributed by atoms with Gasteiger partial charge in [0.15, 0.2) is 5.69 Å². The minimum atomic E-state index is -5.65. The summed E-state index contributed by atoms with van der Waals surface area (Å²) in [7, 11) is -4.42. The first-order valence-corrected chi connectivity index (χ1v) is 14.9. The molecule has 1 heterocycles. The summed E-state index contributed by atoms with van der Waals surface area (Å²) in [6, 6.07) is 5.12. The highest BCUT2D eigenvalue weighted by Gasteiger charge is 2.49. The predicted octanol–water partition coefficient (Wildman–Crippen LogP) is 4.51. The SMILES string of the molecule is COc1cc(F)c(-c2nc(C(=O)O)cs2)cc1C(=O)NC1C2C=CC(C2)C1C(=O)Nc1cccc(S(=O)(=O)C(F)(F)F)c1. The van der Waals surface area contributed by atoms with Crippen LogP contribution in [0.15, 0.2) is 58.8 Å². The van der Waals surface area contributed by atoms with E-state index < -0.39 is 55.8 Å². The van der Waals surface area contributed by atoms with Gasteiger partial charge in [0.2, 0.25) is 5.91 Å². The van der Waals surface area contributed by atoms with E-state index in [0.29, 0.717) is 12.5 Å². The molecule has 2 aromatic carbocycles. The van der Waals surface area contributed by atoms with Crippen LogP contribution in [-0.4, -0.2) is 55.0 Å². The van der Waals surface area contributed by atoms with E-state index in [4.69, 9.17) is 9.84 Å². The lowest BCUT2D eigenvalue weighted by Gasteiger charge is -2.28. The molecule has 0 spiro atoms. The molecule has 2 aliphatic carbocycles. The van der Waals surface area contributed by atoms with E-state index in [1.165, 1.54) is 24.6 Å². The minimum Gasteiger partial charge on any atom is -0.496 e. The zero-order valence-corrected chi connectivity index (χ0v) is 23.5. The summed E-state index contributed by atoms with van der Waals surface area (Å²) in [5, 5.41) is 15.6. The Bertz CT molecular complexity index is 1770. The molecule has 0 saturated heterocycles. The fourth-order valence-electron chi connectivity index (χ4n) is 5.27. The number of alkyl halides is 3. The molecule has 5 rings (SSSR count). The highest BCUT2D eigenvalue weighted by molar-refractivity contribution is 7.92. The van der Waals surface area contributed by atoms with Crippen LogP contribution in [0.25, 0.3) is 10.6 Å². The molecule has 226 valence electrons. The Labute approximate surface area is 245 Å². The van der Waals surface area contributed by atoms with Crippen LogP contribution in [0.1, 0.15) is 27.3 Å². The van der Waals surface area contributed by atoms with E-state index in [1.807, 2.05) is 6.08 Å². The maximum Gasteiger partial charge on any atom is 0.501 e. The van der Waals surface area contributed by atoms with Crippen molar-refractivity contribution in [3.8, 4) is 16.3 Å². The van der Waals surface area contributed by atoms with Crippen LogP contribution in [0.3, 0.4) is 0 Å². The molecule has 0 radical (unpaired) electrons. The van der Waals surface area contributed by atoms with Crippen LogP contribution in [0.4, 0.5) is 23.2 Å². The second kappa shape index (κ2) is 11.1. The molecule has 3 N–H and O–H groups in total. The number of ether oxygens (including phenoxy) is 1.